The Kier molecular flexibility index (Phi) is 4.14. The van der Waals surface area contributed by atoms with E-state index in [2.05, 4.69) is 46.7 Å². The zero-order valence-electron chi connectivity index (χ0n) is 10.7. The summed E-state index contributed by atoms with van der Waals surface area (Å²) >= 11 is 0.189. The van der Waals surface area contributed by atoms with Crippen LogP contribution in [0.15, 0.2) is 34.3 Å². The molecule has 1 heterocycles. The van der Waals surface area contributed by atoms with Gasteiger partial charge < -0.3 is 0 Å². The van der Waals surface area contributed by atoms with Crippen LogP contribution in [0.4, 0.5) is 4.79 Å². The molecule has 3 N–H and O–H groups in total. The molecule has 19 heavy (non-hydrogen) atoms. The zero-order valence-corrected chi connectivity index (χ0v) is 12.4. The molecule has 0 saturated carbocycles. The molecule has 2 amide bonds. The van der Waals surface area contributed by atoms with E-state index in [9.17, 15) is 4.79 Å². The van der Waals surface area contributed by atoms with E-state index in [0.717, 1.165) is 15.8 Å². The first kappa shape index (κ1) is 13.5. The minimum atomic E-state index is -0.675. The number of hydrogen-bond acceptors (Lipinski definition) is 3. The molecule has 0 radical (unpaired) electrons. The fourth-order valence-electron chi connectivity index (χ4n) is 1.46. The number of hydrogen-bond donors (Lipinski definition) is 2. The van der Waals surface area contributed by atoms with Crippen LogP contribution < -0.4 is 11.2 Å². The van der Waals surface area contributed by atoms with E-state index in [4.69, 9.17) is 5.73 Å². The number of carbonyl (C=O) groups is 1. The Balaban J connectivity index is 2.21. The van der Waals surface area contributed by atoms with E-state index in [-0.39, 0.29) is 14.5 Å². The second-order valence-electron chi connectivity index (χ2n) is 4.08. The molecule has 98 valence electrons. The van der Waals surface area contributed by atoms with Crippen LogP contribution in [0.1, 0.15) is 18.2 Å². The first-order valence-electron chi connectivity index (χ1n) is 5.69. The first-order valence-corrected chi connectivity index (χ1v) is 7.53. The maximum atomic E-state index is 10.6. The summed E-state index contributed by atoms with van der Waals surface area (Å²) in [6.07, 6.45) is 0. The molecule has 0 aliphatic carbocycles. The van der Waals surface area contributed by atoms with Gasteiger partial charge >= 0.3 is 117 Å². The third-order valence-electron chi connectivity index (χ3n) is 2.51. The number of nitrogens with one attached hydrogen (secondary N) is 1. The molecule has 0 aliphatic heterocycles. The zero-order chi connectivity index (χ0) is 13.8. The monoisotopic (exact) mass is 322 g/mol. The maximum absolute atomic E-state index is 10.6. The van der Waals surface area contributed by atoms with E-state index < -0.39 is 6.03 Å². The second kappa shape index (κ2) is 5.82. The number of carbonyl (C=O) groups excluding carboxylic acids is 1. The Morgan fingerprint density at radius 2 is 2.05 bits per heavy atom. The van der Waals surface area contributed by atoms with Crippen LogP contribution in [-0.4, -0.2) is 31.2 Å². The van der Waals surface area contributed by atoms with Crippen molar-refractivity contribution in [2.24, 2.45) is 10.8 Å². The molecule has 0 aliphatic rings. The van der Waals surface area contributed by atoms with Crippen molar-refractivity contribution < 1.29 is 4.79 Å². The number of aryl methyl sites for hydroxylation is 1. The van der Waals surface area contributed by atoms with Gasteiger partial charge in [-0.2, -0.15) is 0 Å². The summed E-state index contributed by atoms with van der Waals surface area (Å²) in [7, 11) is 0. The molecular formula is C13H14N4OSe. The molecule has 0 atom stereocenters. The predicted octanol–water partition coefficient (Wildman–Crippen LogP) is 1.51. The molecule has 0 saturated heterocycles. The van der Waals surface area contributed by atoms with Crippen LogP contribution in [0.3, 0.4) is 0 Å². The molecule has 0 bridgehead atoms. The van der Waals surface area contributed by atoms with Crippen molar-refractivity contribution in [1.29, 1.82) is 0 Å². The SMILES string of the molecule is C/C(=N\NC(N)=O)c1c[se]c(-c2ccc(C)cc2)n1. The van der Waals surface area contributed by atoms with Crippen molar-refractivity contribution in [2.45, 2.75) is 13.8 Å². The molecular weight excluding hydrogens is 307 g/mol. The van der Waals surface area contributed by atoms with Crippen molar-refractivity contribution in [3.8, 4) is 10.1 Å². The number of urea groups is 1. The normalized spacial score (nSPS) is 11.4. The Bertz CT molecular complexity index is 616. The number of nitrogens with two attached hydrogens (primary N) is 1. The van der Waals surface area contributed by atoms with Crippen molar-refractivity contribution >= 4 is 26.2 Å². The van der Waals surface area contributed by atoms with Crippen LogP contribution in [0.5, 0.6) is 0 Å². The standard InChI is InChI=1S/C13H14N4OSe/c1-8-3-5-10(6-4-8)12-15-11(7-19-12)9(2)16-17-13(14)18/h3-7H,1-2H3,(H3,14,17,18)/b16-9+. The number of rotatable bonds is 3. The summed E-state index contributed by atoms with van der Waals surface area (Å²) in [5.74, 6) is 0. The summed E-state index contributed by atoms with van der Waals surface area (Å²) < 4.78 is 1.07. The molecule has 0 unspecified atom stereocenters. The number of aromatic nitrogens is 1. The average molecular weight is 321 g/mol. The average Bonchev–Trinajstić information content (AvgIpc) is 2.86. The van der Waals surface area contributed by atoms with Gasteiger partial charge in [-0.05, 0) is 0 Å². The fraction of sp³-hybridized carbons (Fsp3) is 0.154. The van der Waals surface area contributed by atoms with Gasteiger partial charge in [0.2, 0.25) is 0 Å². The quantitative estimate of drug-likeness (QED) is 0.510. The molecule has 0 fully saturated rings. The van der Waals surface area contributed by atoms with Crippen molar-refractivity contribution in [3.63, 3.8) is 0 Å². The topological polar surface area (TPSA) is 80.4 Å². The molecule has 1 aromatic carbocycles. The van der Waals surface area contributed by atoms with Crippen LogP contribution >= 0.6 is 0 Å². The van der Waals surface area contributed by atoms with Gasteiger partial charge in [0.1, 0.15) is 0 Å². The number of primary amides is 1. The summed E-state index contributed by atoms with van der Waals surface area (Å²) in [5.41, 5.74) is 11.0. The van der Waals surface area contributed by atoms with E-state index in [1.54, 1.807) is 6.92 Å². The van der Waals surface area contributed by atoms with Crippen molar-refractivity contribution in [3.05, 3.63) is 40.5 Å². The number of nitrogens with zero attached hydrogens (tertiary/aromatic N) is 2. The summed E-state index contributed by atoms with van der Waals surface area (Å²) in [6.45, 7) is 3.85. The third-order valence-corrected chi connectivity index (χ3v) is 4.38. The second-order valence-corrected chi connectivity index (χ2v) is 5.88. The van der Waals surface area contributed by atoms with Gasteiger partial charge in [-0.15, -0.1) is 0 Å². The first-order chi connectivity index (χ1) is 9.06. The number of benzene rings is 1. The number of hydrazone groups is 1. The summed E-state index contributed by atoms with van der Waals surface area (Å²) in [5, 5.41) is 3.87. The van der Waals surface area contributed by atoms with Gasteiger partial charge in [-0.3, -0.25) is 0 Å². The van der Waals surface area contributed by atoms with E-state index in [1.165, 1.54) is 5.56 Å². The predicted molar refractivity (Wildman–Crippen MR) is 76.3 cm³/mol. The Morgan fingerprint density at radius 3 is 2.68 bits per heavy atom. The van der Waals surface area contributed by atoms with Gasteiger partial charge in [0.25, 0.3) is 0 Å². The van der Waals surface area contributed by atoms with Crippen LogP contribution in [0.2, 0.25) is 0 Å². The van der Waals surface area contributed by atoms with E-state index in [0.29, 0.717) is 5.71 Å². The Hall–Kier alpha value is -1.91. The molecule has 2 rings (SSSR count). The third kappa shape index (κ3) is 3.53. The summed E-state index contributed by atoms with van der Waals surface area (Å²) in [6, 6.07) is 7.61. The van der Waals surface area contributed by atoms with Crippen LogP contribution in [-0.2, 0) is 0 Å². The van der Waals surface area contributed by atoms with Crippen molar-refractivity contribution in [2.75, 3.05) is 0 Å². The van der Waals surface area contributed by atoms with Gasteiger partial charge in [0.05, 0.1) is 0 Å². The van der Waals surface area contributed by atoms with E-state index >= 15 is 0 Å². The van der Waals surface area contributed by atoms with Gasteiger partial charge in [0.15, 0.2) is 0 Å². The summed E-state index contributed by atoms with van der Waals surface area (Å²) in [4.78, 5) is 17.2. The van der Waals surface area contributed by atoms with Gasteiger partial charge in [-0.25, -0.2) is 0 Å². The number of amides is 2. The van der Waals surface area contributed by atoms with E-state index in [1.807, 2.05) is 4.94 Å². The molecule has 0 spiro atoms. The van der Waals surface area contributed by atoms with Crippen molar-refractivity contribution in [1.82, 2.24) is 10.4 Å². The molecule has 6 heteroatoms. The van der Waals surface area contributed by atoms with Gasteiger partial charge in [-0.1, -0.05) is 0 Å². The Labute approximate surface area is 117 Å². The fourth-order valence-corrected chi connectivity index (χ4v) is 3.29. The van der Waals surface area contributed by atoms with Gasteiger partial charge in [0, 0.05) is 0 Å². The molecule has 1 aromatic heterocycles. The molecule has 2 aromatic rings. The Morgan fingerprint density at radius 1 is 1.37 bits per heavy atom. The van der Waals surface area contributed by atoms with Crippen LogP contribution in [0.25, 0.3) is 10.1 Å². The van der Waals surface area contributed by atoms with Crippen LogP contribution in [0, 0.1) is 6.92 Å². The molecule has 5 nitrogen and oxygen atoms in total. The minimum absolute atomic E-state index is 0.189.